The number of ether oxygens (including phenoxy) is 1. The summed E-state index contributed by atoms with van der Waals surface area (Å²) in [6.07, 6.45) is 0. The fraction of sp³-hybridized carbons (Fsp3) is 0.0588. The molecule has 0 unspecified atom stereocenters. The van der Waals surface area contributed by atoms with Gasteiger partial charge in [-0.05, 0) is 36.4 Å². The number of benzene rings is 2. The predicted octanol–water partition coefficient (Wildman–Crippen LogP) is 2.80. The molecule has 4 rings (SSSR count). The summed E-state index contributed by atoms with van der Waals surface area (Å²) in [5.41, 5.74) is 2.95. The number of nitrogens with zero attached hydrogens (tertiary/aromatic N) is 1. The molecule has 2 aliphatic rings. The SMILES string of the molecule is COc1ccc2c(c1)C(=N\O)/C(=C1/C(=O)Nc3ccc(F)cc31)N2. The summed E-state index contributed by atoms with van der Waals surface area (Å²) in [5.74, 6) is -0.257. The van der Waals surface area contributed by atoms with Crippen LogP contribution in [-0.2, 0) is 4.79 Å². The van der Waals surface area contributed by atoms with Gasteiger partial charge in [-0.2, -0.15) is 0 Å². The molecule has 2 aromatic carbocycles. The van der Waals surface area contributed by atoms with Crippen molar-refractivity contribution in [2.24, 2.45) is 5.16 Å². The molecular formula is C17H12FN3O3. The molecule has 0 spiro atoms. The van der Waals surface area contributed by atoms with E-state index in [2.05, 4.69) is 15.8 Å². The second kappa shape index (κ2) is 5.09. The van der Waals surface area contributed by atoms with E-state index in [1.807, 2.05) is 0 Å². The fourth-order valence-electron chi connectivity index (χ4n) is 2.96. The zero-order valence-electron chi connectivity index (χ0n) is 12.6. The van der Waals surface area contributed by atoms with Gasteiger partial charge in [0.1, 0.15) is 17.3 Å². The monoisotopic (exact) mass is 325 g/mol. The maximum Gasteiger partial charge on any atom is 0.258 e. The van der Waals surface area contributed by atoms with Gasteiger partial charge < -0.3 is 20.6 Å². The highest BCUT2D eigenvalue weighted by atomic mass is 19.1. The van der Waals surface area contributed by atoms with Gasteiger partial charge >= 0.3 is 0 Å². The molecule has 6 nitrogen and oxygen atoms in total. The number of anilines is 2. The van der Waals surface area contributed by atoms with Crippen molar-refractivity contribution in [3.05, 3.63) is 59.0 Å². The van der Waals surface area contributed by atoms with E-state index in [0.29, 0.717) is 33.9 Å². The zero-order valence-corrected chi connectivity index (χ0v) is 12.6. The van der Waals surface area contributed by atoms with Gasteiger partial charge in [-0.3, -0.25) is 4.79 Å². The van der Waals surface area contributed by atoms with E-state index < -0.39 is 5.82 Å². The fourth-order valence-corrected chi connectivity index (χ4v) is 2.96. The molecule has 7 heteroatoms. The highest BCUT2D eigenvalue weighted by molar-refractivity contribution is 6.39. The van der Waals surface area contributed by atoms with Crippen LogP contribution in [-0.4, -0.2) is 23.9 Å². The number of oxime groups is 1. The molecule has 1 amide bonds. The normalized spacial score (nSPS) is 19.8. The average molecular weight is 325 g/mol. The largest absolute Gasteiger partial charge is 0.497 e. The topological polar surface area (TPSA) is 83.0 Å². The van der Waals surface area contributed by atoms with Crippen LogP contribution in [0.25, 0.3) is 5.57 Å². The van der Waals surface area contributed by atoms with Gasteiger partial charge in [-0.1, -0.05) is 5.16 Å². The van der Waals surface area contributed by atoms with Crippen LogP contribution in [0.2, 0.25) is 0 Å². The van der Waals surface area contributed by atoms with Crippen LogP contribution < -0.4 is 15.4 Å². The van der Waals surface area contributed by atoms with Gasteiger partial charge in [-0.15, -0.1) is 0 Å². The number of hydrogen-bond donors (Lipinski definition) is 3. The van der Waals surface area contributed by atoms with Crippen LogP contribution in [0.15, 0.2) is 47.3 Å². The highest BCUT2D eigenvalue weighted by Crippen LogP contribution is 2.40. The lowest BCUT2D eigenvalue weighted by Gasteiger charge is -2.05. The maximum absolute atomic E-state index is 13.6. The van der Waals surface area contributed by atoms with Gasteiger partial charge in [0, 0.05) is 22.5 Å². The summed E-state index contributed by atoms with van der Waals surface area (Å²) in [7, 11) is 1.53. The van der Waals surface area contributed by atoms with Gasteiger partial charge in [-0.25, -0.2) is 4.39 Å². The van der Waals surface area contributed by atoms with E-state index >= 15 is 0 Å². The van der Waals surface area contributed by atoms with Crippen molar-refractivity contribution in [1.82, 2.24) is 0 Å². The zero-order chi connectivity index (χ0) is 16.8. The van der Waals surface area contributed by atoms with Gasteiger partial charge in [0.2, 0.25) is 0 Å². The summed E-state index contributed by atoms with van der Waals surface area (Å²) in [4.78, 5) is 12.4. The number of hydrogen-bond acceptors (Lipinski definition) is 5. The molecule has 0 aromatic heterocycles. The number of carbonyl (C=O) groups is 1. The van der Waals surface area contributed by atoms with Crippen molar-refractivity contribution in [3.63, 3.8) is 0 Å². The predicted molar refractivity (Wildman–Crippen MR) is 86.9 cm³/mol. The first-order valence-electron chi connectivity index (χ1n) is 7.16. The van der Waals surface area contributed by atoms with Crippen LogP contribution in [0.1, 0.15) is 11.1 Å². The number of methoxy groups -OCH3 is 1. The summed E-state index contributed by atoms with van der Waals surface area (Å²) in [6.45, 7) is 0. The first-order chi connectivity index (χ1) is 11.6. The van der Waals surface area contributed by atoms with Crippen molar-refractivity contribution in [1.29, 1.82) is 0 Å². The van der Waals surface area contributed by atoms with E-state index in [1.54, 1.807) is 18.2 Å². The van der Waals surface area contributed by atoms with Crippen molar-refractivity contribution in [2.75, 3.05) is 17.7 Å². The number of amides is 1. The number of nitrogens with one attached hydrogen (secondary N) is 2. The highest BCUT2D eigenvalue weighted by Gasteiger charge is 2.34. The molecule has 120 valence electrons. The number of fused-ring (bicyclic) bond motifs is 2. The Hall–Kier alpha value is -3.35. The van der Waals surface area contributed by atoms with Crippen molar-refractivity contribution in [2.45, 2.75) is 0 Å². The van der Waals surface area contributed by atoms with Crippen LogP contribution in [0.4, 0.5) is 15.8 Å². The van der Waals surface area contributed by atoms with Crippen LogP contribution in [0.3, 0.4) is 0 Å². The Labute approximate surface area is 136 Å². The van der Waals surface area contributed by atoms with Crippen LogP contribution in [0, 0.1) is 5.82 Å². The van der Waals surface area contributed by atoms with Gasteiger partial charge in [0.15, 0.2) is 0 Å². The molecule has 2 aliphatic heterocycles. The third kappa shape index (κ3) is 1.95. The Balaban J connectivity index is 1.93. The van der Waals surface area contributed by atoms with E-state index in [1.165, 1.54) is 25.3 Å². The lowest BCUT2D eigenvalue weighted by molar-refractivity contribution is -0.110. The second-order valence-electron chi connectivity index (χ2n) is 5.38. The third-order valence-corrected chi connectivity index (χ3v) is 4.05. The average Bonchev–Trinajstić information content (AvgIpc) is 3.09. The molecule has 0 radical (unpaired) electrons. The van der Waals surface area contributed by atoms with Crippen LogP contribution >= 0.6 is 0 Å². The molecule has 0 bridgehead atoms. The number of rotatable bonds is 1. The first kappa shape index (κ1) is 14.3. The van der Waals surface area contributed by atoms with Gasteiger partial charge in [0.25, 0.3) is 5.91 Å². The smallest absolute Gasteiger partial charge is 0.258 e. The van der Waals surface area contributed by atoms with E-state index in [9.17, 15) is 14.4 Å². The summed E-state index contributed by atoms with van der Waals surface area (Å²) >= 11 is 0. The number of halogens is 1. The van der Waals surface area contributed by atoms with E-state index in [0.717, 1.165) is 0 Å². The Morgan fingerprint density at radius 1 is 1.08 bits per heavy atom. The molecule has 2 heterocycles. The molecule has 2 aromatic rings. The summed E-state index contributed by atoms with van der Waals surface area (Å²) < 4.78 is 18.8. The minimum atomic E-state index is -0.456. The van der Waals surface area contributed by atoms with E-state index in [4.69, 9.17) is 4.74 Å². The summed E-state index contributed by atoms with van der Waals surface area (Å²) in [6, 6.07) is 9.25. The molecule has 0 saturated heterocycles. The Morgan fingerprint density at radius 3 is 2.58 bits per heavy atom. The molecule has 0 fully saturated rings. The molecule has 0 aliphatic carbocycles. The van der Waals surface area contributed by atoms with Crippen molar-refractivity contribution in [3.8, 4) is 5.75 Å². The minimum absolute atomic E-state index is 0.200. The second-order valence-corrected chi connectivity index (χ2v) is 5.38. The minimum Gasteiger partial charge on any atom is -0.497 e. The Kier molecular flexibility index (Phi) is 3.02. The molecular weight excluding hydrogens is 313 g/mol. The lowest BCUT2D eigenvalue weighted by atomic mass is 10.0. The Bertz CT molecular complexity index is 950. The first-order valence-corrected chi connectivity index (χ1v) is 7.16. The molecule has 24 heavy (non-hydrogen) atoms. The van der Waals surface area contributed by atoms with Gasteiger partial charge in [0.05, 0.1) is 18.4 Å². The molecule has 3 N–H and O–H groups in total. The maximum atomic E-state index is 13.6. The lowest BCUT2D eigenvalue weighted by Crippen LogP contribution is -2.12. The Morgan fingerprint density at radius 2 is 1.83 bits per heavy atom. The standard InChI is InChI=1S/C17H12FN3O3/c1-24-9-3-5-13-11(7-9)15(21-23)16(19-13)14-10-6-8(18)2-4-12(10)20-17(14)22/h2-7,19,23H,1H3,(H,20,22)/b16-14-,21-15+. The molecule has 0 saturated carbocycles. The number of allylic oxidation sites excluding steroid dienone is 1. The molecule has 0 atom stereocenters. The third-order valence-electron chi connectivity index (χ3n) is 4.05. The van der Waals surface area contributed by atoms with Crippen molar-refractivity contribution < 1.29 is 19.1 Å². The van der Waals surface area contributed by atoms with Crippen molar-refractivity contribution >= 4 is 28.6 Å². The number of carbonyl (C=O) groups excluding carboxylic acids is 1. The van der Waals surface area contributed by atoms with E-state index in [-0.39, 0.29) is 17.2 Å². The summed E-state index contributed by atoms with van der Waals surface area (Å²) in [5, 5.41) is 18.5. The quantitative estimate of drug-likeness (QED) is 0.428. The van der Waals surface area contributed by atoms with Crippen LogP contribution in [0.5, 0.6) is 5.75 Å².